The predicted octanol–water partition coefficient (Wildman–Crippen LogP) is 2.59. The smallest absolute Gasteiger partial charge is 0.407 e. The summed E-state index contributed by atoms with van der Waals surface area (Å²) in [6, 6.07) is -0.162. The average molecular weight is 243 g/mol. The van der Waals surface area contributed by atoms with E-state index < -0.39 is 17.8 Å². The van der Waals surface area contributed by atoms with Crippen molar-refractivity contribution in [3.05, 3.63) is 0 Å². The number of alkyl carbamates (subject to hydrolysis) is 1. The van der Waals surface area contributed by atoms with Crippen molar-refractivity contribution in [2.75, 3.05) is 0 Å². The molecule has 0 saturated heterocycles. The van der Waals surface area contributed by atoms with Gasteiger partial charge in [0.1, 0.15) is 5.60 Å². The first-order chi connectivity index (χ1) is 7.88. The number of hydrogen-bond acceptors (Lipinski definition) is 3. The van der Waals surface area contributed by atoms with Crippen molar-refractivity contribution in [2.24, 2.45) is 0 Å². The third-order valence-corrected chi connectivity index (χ3v) is 2.93. The molecule has 4 nitrogen and oxygen atoms in total. The first kappa shape index (κ1) is 14.3. The van der Waals surface area contributed by atoms with E-state index in [9.17, 15) is 9.90 Å². The Hall–Kier alpha value is -0.770. The standard InChI is InChI=1S/C13H25NO3/c1-13(2,3)17-12(16)14-10-8-6-4-5-7-9-11(10)15/h10-11,15H,4-9H2,1-3H3,(H,14,16). The zero-order chi connectivity index (χ0) is 12.9. The highest BCUT2D eigenvalue weighted by Gasteiger charge is 2.24. The van der Waals surface area contributed by atoms with Crippen LogP contribution in [0.4, 0.5) is 4.79 Å². The molecule has 0 spiro atoms. The molecule has 1 fully saturated rings. The summed E-state index contributed by atoms with van der Waals surface area (Å²) in [4.78, 5) is 11.6. The summed E-state index contributed by atoms with van der Waals surface area (Å²) in [6.45, 7) is 5.50. The fraction of sp³-hybridized carbons (Fsp3) is 0.923. The fourth-order valence-electron chi connectivity index (χ4n) is 2.09. The SMILES string of the molecule is CC(C)(C)OC(=O)NC1CCCCCCC1O. The molecule has 0 aliphatic heterocycles. The minimum atomic E-state index is -0.489. The molecule has 2 unspecified atom stereocenters. The first-order valence-electron chi connectivity index (χ1n) is 6.56. The van der Waals surface area contributed by atoms with Crippen LogP contribution >= 0.6 is 0 Å². The van der Waals surface area contributed by atoms with E-state index >= 15 is 0 Å². The third kappa shape index (κ3) is 5.91. The lowest BCUT2D eigenvalue weighted by atomic mass is 9.94. The highest BCUT2D eigenvalue weighted by atomic mass is 16.6. The molecule has 0 aromatic heterocycles. The number of aliphatic hydroxyl groups excluding tert-OH is 1. The molecule has 1 aliphatic rings. The maximum atomic E-state index is 11.6. The zero-order valence-corrected chi connectivity index (χ0v) is 11.2. The van der Waals surface area contributed by atoms with E-state index in [1.54, 1.807) is 0 Å². The molecule has 1 aliphatic carbocycles. The molecule has 17 heavy (non-hydrogen) atoms. The predicted molar refractivity (Wildman–Crippen MR) is 66.9 cm³/mol. The van der Waals surface area contributed by atoms with Crippen LogP contribution in [0.1, 0.15) is 59.3 Å². The van der Waals surface area contributed by atoms with Crippen LogP contribution in [0.3, 0.4) is 0 Å². The molecule has 0 radical (unpaired) electrons. The fourth-order valence-corrected chi connectivity index (χ4v) is 2.09. The van der Waals surface area contributed by atoms with E-state index in [2.05, 4.69) is 5.32 Å². The van der Waals surface area contributed by atoms with Crippen molar-refractivity contribution in [1.29, 1.82) is 0 Å². The highest BCUT2D eigenvalue weighted by Crippen LogP contribution is 2.18. The maximum absolute atomic E-state index is 11.6. The molecule has 1 saturated carbocycles. The minimum Gasteiger partial charge on any atom is -0.444 e. The van der Waals surface area contributed by atoms with Crippen molar-refractivity contribution >= 4 is 6.09 Å². The van der Waals surface area contributed by atoms with Gasteiger partial charge in [-0.1, -0.05) is 25.7 Å². The Labute approximate surface area is 104 Å². The van der Waals surface area contributed by atoms with Crippen LogP contribution in [-0.4, -0.2) is 28.9 Å². The van der Waals surface area contributed by atoms with E-state index in [1.165, 1.54) is 12.8 Å². The lowest BCUT2D eigenvalue weighted by molar-refractivity contribution is 0.0391. The number of carbonyl (C=O) groups excluding carboxylic acids is 1. The van der Waals surface area contributed by atoms with E-state index in [0.29, 0.717) is 0 Å². The number of nitrogens with one attached hydrogen (secondary N) is 1. The summed E-state index contributed by atoms with van der Waals surface area (Å²) in [6.07, 6.45) is 5.17. The monoisotopic (exact) mass is 243 g/mol. The van der Waals surface area contributed by atoms with Crippen molar-refractivity contribution in [1.82, 2.24) is 5.32 Å². The number of carbonyl (C=O) groups is 1. The molecule has 4 heteroatoms. The van der Waals surface area contributed by atoms with Crippen LogP contribution in [0.15, 0.2) is 0 Å². The van der Waals surface area contributed by atoms with Crippen molar-refractivity contribution < 1.29 is 14.6 Å². The average Bonchev–Trinajstić information content (AvgIpc) is 2.15. The van der Waals surface area contributed by atoms with E-state index in [1.807, 2.05) is 20.8 Å². The van der Waals surface area contributed by atoms with Gasteiger partial charge < -0.3 is 15.2 Å². The van der Waals surface area contributed by atoms with Crippen molar-refractivity contribution in [3.8, 4) is 0 Å². The second kappa shape index (κ2) is 6.24. The third-order valence-electron chi connectivity index (χ3n) is 2.93. The normalized spacial score (nSPS) is 26.8. The Kier molecular flexibility index (Phi) is 5.25. The lowest BCUT2D eigenvalue weighted by Gasteiger charge is -2.28. The van der Waals surface area contributed by atoms with Gasteiger partial charge in [-0.15, -0.1) is 0 Å². The molecule has 100 valence electrons. The number of hydrogen-bond donors (Lipinski definition) is 2. The van der Waals surface area contributed by atoms with Gasteiger partial charge in [0.05, 0.1) is 12.1 Å². The van der Waals surface area contributed by atoms with Gasteiger partial charge in [0, 0.05) is 0 Å². The Morgan fingerprint density at radius 1 is 1.18 bits per heavy atom. The molecule has 0 aromatic carbocycles. The maximum Gasteiger partial charge on any atom is 0.407 e. The summed E-state index contributed by atoms with van der Waals surface area (Å²) >= 11 is 0. The second-order valence-corrected chi connectivity index (χ2v) is 5.81. The summed E-state index contributed by atoms with van der Waals surface area (Å²) in [7, 11) is 0. The molecule has 2 atom stereocenters. The minimum absolute atomic E-state index is 0.162. The molecular formula is C13H25NO3. The van der Waals surface area contributed by atoms with Crippen molar-refractivity contribution in [2.45, 2.75) is 77.0 Å². The highest BCUT2D eigenvalue weighted by molar-refractivity contribution is 5.68. The number of ether oxygens (including phenoxy) is 1. The van der Waals surface area contributed by atoms with Crippen LogP contribution in [0.25, 0.3) is 0 Å². The topological polar surface area (TPSA) is 58.6 Å². The Balaban J connectivity index is 2.43. The second-order valence-electron chi connectivity index (χ2n) is 5.81. The van der Waals surface area contributed by atoms with Gasteiger partial charge in [0.2, 0.25) is 0 Å². The lowest BCUT2D eigenvalue weighted by Crippen LogP contribution is -2.45. The summed E-state index contributed by atoms with van der Waals surface area (Å²) < 4.78 is 5.20. The van der Waals surface area contributed by atoms with Crippen LogP contribution in [-0.2, 0) is 4.74 Å². The van der Waals surface area contributed by atoms with Gasteiger partial charge in [0.15, 0.2) is 0 Å². The summed E-state index contributed by atoms with van der Waals surface area (Å²) in [5.74, 6) is 0. The summed E-state index contributed by atoms with van der Waals surface area (Å²) in [5.41, 5.74) is -0.489. The largest absolute Gasteiger partial charge is 0.444 e. The van der Waals surface area contributed by atoms with Gasteiger partial charge >= 0.3 is 6.09 Å². The van der Waals surface area contributed by atoms with Gasteiger partial charge in [-0.3, -0.25) is 0 Å². The zero-order valence-electron chi connectivity index (χ0n) is 11.2. The molecule has 1 rings (SSSR count). The number of amides is 1. The number of rotatable bonds is 1. The molecule has 2 N–H and O–H groups in total. The molecule has 0 aromatic rings. The Morgan fingerprint density at radius 2 is 1.76 bits per heavy atom. The molecule has 1 amide bonds. The van der Waals surface area contributed by atoms with E-state index in [0.717, 1.165) is 25.7 Å². The van der Waals surface area contributed by atoms with Gasteiger partial charge in [-0.05, 0) is 33.6 Å². The Bertz CT molecular complexity index is 248. The first-order valence-corrected chi connectivity index (χ1v) is 6.56. The quantitative estimate of drug-likeness (QED) is 0.744. The Morgan fingerprint density at radius 3 is 2.35 bits per heavy atom. The van der Waals surface area contributed by atoms with Crippen LogP contribution in [0.5, 0.6) is 0 Å². The summed E-state index contributed by atoms with van der Waals surface area (Å²) in [5, 5.41) is 12.7. The van der Waals surface area contributed by atoms with Crippen molar-refractivity contribution in [3.63, 3.8) is 0 Å². The van der Waals surface area contributed by atoms with E-state index in [-0.39, 0.29) is 6.04 Å². The van der Waals surface area contributed by atoms with E-state index in [4.69, 9.17) is 4.74 Å². The van der Waals surface area contributed by atoms with Crippen LogP contribution in [0.2, 0.25) is 0 Å². The van der Waals surface area contributed by atoms with Gasteiger partial charge in [-0.2, -0.15) is 0 Å². The van der Waals surface area contributed by atoms with Gasteiger partial charge in [-0.25, -0.2) is 4.79 Å². The molecule has 0 bridgehead atoms. The van der Waals surface area contributed by atoms with Crippen LogP contribution in [0, 0.1) is 0 Å². The number of aliphatic hydroxyl groups is 1. The molecule has 0 heterocycles. The van der Waals surface area contributed by atoms with Crippen LogP contribution < -0.4 is 5.32 Å². The molecular weight excluding hydrogens is 218 g/mol. The van der Waals surface area contributed by atoms with Gasteiger partial charge in [0.25, 0.3) is 0 Å².